The third-order valence-electron chi connectivity index (χ3n) is 4.86. The lowest BCUT2D eigenvalue weighted by molar-refractivity contribution is -0.132. The maximum atomic E-state index is 12.8. The molecule has 1 N–H and O–H groups in total. The van der Waals surface area contributed by atoms with Crippen molar-refractivity contribution in [3.05, 3.63) is 35.0 Å². The number of carbonyl (C=O) groups excluding carboxylic acids is 2. The summed E-state index contributed by atoms with van der Waals surface area (Å²) in [7, 11) is 1.76. The highest BCUT2D eigenvalue weighted by molar-refractivity contribution is 6.38. The first kappa shape index (κ1) is 19.7. The minimum Gasteiger partial charge on any atom is -0.447 e. The molecule has 6 nitrogen and oxygen atoms in total. The standard InChI is InChI=1S/C20H25ClN2O4/c1-12(2)18(19(24)22-11-13-7-6-10-26-13)27-20(25)17-16(21)14-8-4-5-9-15(14)23(17)3/h4-5,8-9,12-13,18H,6-7,10-11H2,1-3H3,(H,22,24)/t13-,18+/m0/s1. The number of fused-ring (bicyclic) bond motifs is 1. The fourth-order valence-electron chi connectivity index (χ4n) is 3.36. The number of para-hydroxylation sites is 1. The minimum atomic E-state index is -0.895. The van der Waals surface area contributed by atoms with E-state index in [-0.39, 0.29) is 23.6 Å². The number of hydrogen-bond donors (Lipinski definition) is 1. The van der Waals surface area contributed by atoms with Crippen molar-refractivity contribution in [2.24, 2.45) is 13.0 Å². The molecule has 1 amide bonds. The minimum absolute atomic E-state index is 0.0325. The van der Waals surface area contributed by atoms with E-state index in [1.54, 1.807) is 11.6 Å². The summed E-state index contributed by atoms with van der Waals surface area (Å²) in [6.45, 7) is 4.83. The van der Waals surface area contributed by atoms with Crippen molar-refractivity contribution in [1.29, 1.82) is 0 Å². The second-order valence-electron chi connectivity index (χ2n) is 7.19. The van der Waals surface area contributed by atoms with Crippen LogP contribution in [-0.2, 0) is 21.3 Å². The van der Waals surface area contributed by atoms with Crippen LogP contribution in [0.3, 0.4) is 0 Å². The zero-order chi connectivity index (χ0) is 19.6. The first-order valence-corrected chi connectivity index (χ1v) is 9.61. The van der Waals surface area contributed by atoms with Gasteiger partial charge in [-0.15, -0.1) is 0 Å². The van der Waals surface area contributed by atoms with Crippen LogP contribution >= 0.6 is 11.6 Å². The Morgan fingerprint density at radius 3 is 2.74 bits per heavy atom. The van der Waals surface area contributed by atoms with Gasteiger partial charge in [-0.05, 0) is 24.8 Å². The number of aryl methyl sites for hydroxylation is 1. The summed E-state index contributed by atoms with van der Waals surface area (Å²) in [5.74, 6) is -1.10. The maximum Gasteiger partial charge on any atom is 0.357 e. The van der Waals surface area contributed by atoms with Crippen molar-refractivity contribution < 1.29 is 19.1 Å². The molecular formula is C20H25ClN2O4. The lowest BCUT2D eigenvalue weighted by Crippen LogP contribution is -2.43. The zero-order valence-corrected chi connectivity index (χ0v) is 16.6. The molecule has 1 fully saturated rings. The van der Waals surface area contributed by atoms with Crippen LogP contribution in [-0.4, -0.2) is 41.8 Å². The van der Waals surface area contributed by atoms with E-state index in [1.807, 2.05) is 38.1 Å². The summed E-state index contributed by atoms with van der Waals surface area (Å²) in [4.78, 5) is 25.4. The van der Waals surface area contributed by atoms with Crippen molar-refractivity contribution in [2.45, 2.75) is 38.9 Å². The van der Waals surface area contributed by atoms with Gasteiger partial charge in [-0.25, -0.2) is 4.79 Å². The molecular weight excluding hydrogens is 368 g/mol. The SMILES string of the molecule is CC(C)[C@@H](OC(=O)c1c(Cl)c2ccccc2n1C)C(=O)NC[C@@H]1CCCO1. The molecule has 2 heterocycles. The highest BCUT2D eigenvalue weighted by Gasteiger charge is 2.30. The van der Waals surface area contributed by atoms with Crippen molar-refractivity contribution in [1.82, 2.24) is 9.88 Å². The van der Waals surface area contributed by atoms with Gasteiger partial charge in [-0.2, -0.15) is 0 Å². The van der Waals surface area contributed by atoms with Crippen LogP contribution in [0.5, 0.6) is 0 Å². The molecule has 1 aliphatic rings. The number of nitrogens with zero attached hydrogens (tertiary/aromatic N) is 1. The van der Waals surface area contributed by atoms with Crippen LogP contribution in [0.15, 0.2) is 24.3 Å². The normalized spacial score (nSPS) is 18.0. The Morgan fingerprint density at radius 1 is 1.37 bits per heavy atom. The Bertz CT molecular complexity index is 801. The Balaban J connectivity index is 1.74. The van der Waals surface area contributed by atoms with E-state index >= 15 is 0 Å². The first-order chi connectivity index (χ1) is 12.9. The number of ether oxygens (including phenoxy) is 2. The van der Waals surface area contributed by atoms with E-state index in [9.17, 15) is 9.59 Å². The van der Waals surface area contributed by atoms with Gasteiger partial charge >= 0.3 is 5.97 Å². The van der Waals surface area contributed by atoms with E-state index in [0.29, 0.717) is 11.6 Å². The number of esters is 1. The predicted octanol–water partition coefficient (Wildman–Crippen LogP) is 3.31. The fourth-order valence-corrected chi connectivity index (χ4v) is 3.72. The van der Waals surface area contributed by atoms with Crippen molar-refractivity contribution in [3.8, 4) is 0 Å². The molecule has 2 aromatic rings. The van der Waals surface area contributed by atoms with Gasteiger partial charge in [0.15, 0.2) is 6.10 Å². The molecule has 7 heteroatoms. The van der Waals surface area contributed by atoms with E-state index in [2.05, 4.69) is 5.32 Å². The quantitative estimate of drug-likeness (QED) is 0.766. The summed E-state index contributed by atoms with van der Waals surface area (Å²) >= 11 is 6.41. The van der Waals surface area contributed by atoms with Crippen LogP contribution in [0, 0.1) is 5.92 Å². The Kier molecular flexibility index (Phi) is 6.07. The molecule has 0 radical (unpaired) electrons. The van der Waals surface area contributed by atoms with Gasteiger partial charge in [0.25, 0.3) is 5.91 Å². The monoisotopic (exact) mass is 392 g/mol. The summed E-state index contributed by atoms with van der Waals surface area (Å²) < 4.78 is 12.8. The topological polar surface area (TPSA) is 69.6 Å². The lowest BCUT2D eigenvalue weighted by Gasteiger charge is -2.22. The van der Waals surface area contributed by atoms with Gasteiger partial charge in [0.2, 0.25) is 0 Å². The molecule has 2 atom stereocenters. The zero-order valence-electron chi connectivity index (χ0n) is 15.8. The number of amides is 1. The lowest BCUT2D eigenvalue weighted by atomic mass is 10.1. The predicted molar refractivity (Wildman–Crippen MR) is 104 cm³/mol. The largest absolute Gasteiger partial charge is 0.447 e. The Morgan fingerprint density at radius 2 is 2.11 bits per heavy atom. The highest BCUT2D eigenvalue weighted by atomic mass is 35.5. The third-order valence-corrected chi connectivity index (χ3v) is 5.25. The highest BCUT2D eigenvalue weighted by Crippen LogP contribution is 2.30. The average Bonchev–Trinajstić information content (AvgIpc) is 3.25. The molecule has 1 saturated heterocycles. The number of nitrogens with one attached hydrogen (secondary N) is 1. The molecule has 0 saturated carbocycles. The molecule has 1 aliphatic heterocycles. The number of benzene rings is 1. The van der Waals surface area contributed by atoms with E-state index in [1.165, 1.54) is 0 Å². The Labute approximate surface area is 163 Å². The third kappa shape index (κ3) is 4.12. The van der Waals surface area contributed by atoms with Crippen LogP contribution in [0.4, 0.5) is 0 Å². The van der Waals surface area contributed by atoms with E-state index in [0.717, 1.165) is 30.4 Å². The molecule has 27 heavy (non-hydrogen) atoms. The molecule has 3 rings (SSSR count). The molecule has 0 aliphatic carbocycles. The molecule has 0 bridgehead atoms. The van der Waals surface area contributed by atoms with Crippen molar-refractivity contribution >= 4 is 34.4 Å². The van der Waals surface area contributed by atoms with Gasteiger partial charge in [0, 0.05) is 31.1 Å². The fraction of sp³-hybridized carbons (Fsp3) is 0.500. The summed E-state index contributed by atoms with van der Waals surface area (Å²) in [5.41, 5.74) is 1.08. The molecule has 146 valence electrons. The second kappa shape index (κ2) is 8.31. The molecule has 1 aromatic carbocycles. The number of aromatic nitrogens is 1. The number of halogens is 1. The molecule has 1 aromatic heterocycles. The molecule has 0 unspecified atom stereocenters. The maximum absolute atomic E-state index is 12.8. The van der Waals surface area contributed by atoms with Crippen LogP contribution in [0.2, 0.25) is 5.02 Å². The van der Waals surface area contributed by atoms with Crippen LogP contribution in [0.25, 0.3) is 10.9 Å². The number of carbonyl (C=O) groups is 2. The van der Waals surface area contributed by atoms with Gasteiger partial charge in [0.05, 0.1) is 11.1 Å². The second-order valence-corrected chi connectivity index (χ2v) is 7.57. The summed E-state index contributed by atoms with van der Waals surface area (Å²) in [5, 5.41) is 3.95. The Hall–Kier alpha value is -2.05. The number of rotatable bonds is 6. The van der Waals surface area contributed by atoms with Crippen LogP contribution in [0.1, 0.15) is 37.2 Å². The number of hydrogen-bond acceptors (Lipinski definition) is 4. The van der Waals surface area contributed by atoms with Crippen molar-refractivity contribution in [3.63, 3.8) is 0 Å². The van der Waals surface area contributed by atoms with Gasteiger partial charge < -0.3 is 19.4 Å². The van der Waals surface area contributed by atoms with Crippen molar-refractivity contribution in [2.75, 3.05) is 13.2 Å². The molecule has 0 spiro atoms. The first-order valence-electron chi connectivity index (χ1n) is 9.23. The van der Waals surface area contributed by atoms with Gasteiger partial charge in [-0.3, -0.25) is 4.79 Å². The van der Waals surface area contributed by atoms with Gasteiger partial charge in [0.1, 0.15) is 5.69 Å². The van der Waals surface area contributed by atoms with Gasteiger partial charge in [-0.1, -0.05) is 43.6 Å². The van der Waals surface area contributed by atoms with Crippen LogP contribution < -0.4 is 5.32 Å². The van der Waals surface area contributed by atoms with E-state index < -0.39 is 12.1 Å². The average molecular weight is 393 g/mol. The van der Waals surface area contributed by atoms with E-state index in [4.69, 9.17) is 21.1 Å². The summed E-state index contributed by atoms with van der Waals surface area (Å²) in [6, 6.07) is 7.47. The summed E-state index contributed by atoms with van der Waals surface area (Å²) in [6.07, 6.45) is 1.07. The smallest absolute Gasteiger partial charge is 0.357 e.